The Morgan fingerprint density at radius 1 is 0.917 bits per heavy atom. The number of hydrogen-bond donors (Lipinski definition) is 0. The highest BCUT2D eigenvalue weighted by Gasteiger charge is 2.18. The quantitative estimate of drug-likeness (QED) is 0.599. The summed E-state index contributed by atoms with van der Waals surface area (Å²) in [4.78, 5) is 22.0. The van der Waals surface area contributed by atoms with Crippen LogP contribution in [0.3, 0.4) is 0 Å². The van der Waals surface area contributed by atoms with E-state index >= 15 is 0 Å². The van der Waals surface area contributed by atoms with E-state index in [9.17, 15) is 14.0 Å². The fourth-order valence-corrected chi connectivity index (χ4v) is 1.99. The summed E-state index contributed by atoms with van der Waals surface area (Å²) in [5.74, 6) is -2.02. The molecule has 0 atom stereocenters. The minimum Gasteiger partial charge on any atom is -0.488 e. The van der Waals surface area contributed by atoms with Gasteiger partial charge in [0.2, 0.25) is 0 Å². The SMILES string of the molecule is CC(=O)OCc1c(OCc2ccccc2)ccc(OC(C)=O)c1F. The molecule has 6 heteroatoms. The van der Waals surface area contributed by atoms with Gasteiger partial charge in [-0.25, -0.2) is 4.39 Å². The van der Waals surface area contributed by atoms with Crippen molar-refractivity contribution in [1.29, 1.82) is 0 Å². The normalized spacial score (nSPS) is 10.1. The topological polar surface area (TPSA) is 61.8 Å². The summed E-state index contributed by atoms with van der Waals surface area (Å²) < 4.78 is 29.8. The zero-order valence-electron chi connectivity index (χ0n) is 13.4. The van der Waals surface area contributed by atoms with Crippen molar-refractivity contribution < 1.29 is 28.2 Å². The summed E-state index contributed by atoms with van der Waals surface area (Å²) in [6.45, 7) is 2.30. The minimum absolute atomic E-state index is 0.0138. The van der Waals surface area contributed by atoms with Crippen molar-refractivity contribution in [3.63, 3.8) is 0 Å². The lowest BCUT2D eigenvalue weighted by molar-refractivity contribution is -0.142. The molecule has 0 aliphatic heterocycles. The van der Waals surface area contributed by atoms with Gasteiger partial charge in [-0.2, -0.15) is 0 Å². The molecular formula is C18H17FO5. The molecule has 0 radical (unpaired) electrons. The molecule has 2 rings (SSSR count). The maximum Gasteiger partial charge on any atom is 0.308 e. The number of hydrogen-bond acceptors (Lipinski definition) is 5. The molecule has 0 amide bonds. The molecule has 0 spiro atoms. The summed E-state index contributed by atoms with van der Waals surface area (Å²) >= 11 is 0. The van der Waals surface area contributed by atoms with Crippen LogP contribution in [0.1, 0.15) is 25.0 Å². The molecule has 0 bridgehead atoms. The third-order valence-corrected chi connectivity index (χ3v) is 3.08. The predicted octanol–water partition coefficient (Wildman–Crippen LogP) is 3.39. The van der Waals surface area contributed by atoms with Crippen LogP contribution in [-0.2, 0) is 27.5 Å². The van der Waals surface area contributed by atoms with Crippen molar-refractivity contribution in [3.05, 3.63) is 59.4 Å². The van der Waals surface area contributed by atoms with Crippen molar-refractivity contribution in [3.8, 4) is 11.5 Å². The monoisotopic (exact) mass is 332 g/mol. The smallest absolute Gasteiger partial charge is 0.308 e. The molecule has 0 fully saturated rings. The Labute approximate surface area is 139 Å². The minimum atomic E-state index is -0.794. The van der Waals surface area contributed by atoms with E-state index in [0.29, 0.717) is 0 Å². The van der Waals surface area contributed by atoms with Crippen LogP contribution in [0.25, 0.3) is 0 Å². The summed E-state index contributed by atoms with van der Waals surface area (Å²) in [6, 6.07) is 12.1. The number of esters is 2. The highest BCUT2D eigenvalue weighted by atomic mass is 19.1. The van der Waals surface area contributed by atoms with Gasteiger partial charge in [-0.15, -0.1) is 0 Å². The van der Waals surface area contributed by atoms with E-state index in [2.05, 4.69) is 0 Å². The van der Waals surface area contributed by atoms with Crippen molar-refractivity contribution in [2.45, 2.75) is 27.1 Å². The maximum atomic E-state index is 14.5. The average Bonchev–Trinajstić information content (AvgIpc) is 2.54. The first-order valence-electron chi connectivity index (χ1n) is 7.27. The third kappa shape index (κ3) is 4.81. The van der Waals surface area contributed by atoms with Crippen molar-refractivity contribution in [2.24, 2.45) is 0 Å². The Morgan fingerprint density at radius 3 is 2.21 bits per heavy atom. The molecule has 0 N–H and O–H groups in total. The Morgan fingerprint density at radius 2 is 1.58 bits per heavy atom. The molecule has 2 aromatic rings. The van der Waals surface area contributed by atoms with Gasteiger partial charge in [-0.3, -0.25) is 9.59 Å². The fourth-order valence-electron chi connectivity index (χ4n) is 1.99. The van der Waals surface area contributed by atoms with Crippen LogP contribution in [0.4, 0.5) is 4.39 Å². The van der Waals surface area contributed by atoms with Crippen LogP contribution in [0.2, 0.25) is 0 Å². The van der Waals surface area contributed by atoms with Crippen molar-refractivity contribution >= 4 is 11.9 Å². The highest BCUT2D eigenvalue weighted by Crippen LogP contribution is 2.30. The van der Waals surface area contributed by atoms with E-state index in [1.807, 2.05) is 30.3 Å². The fraction of sp³-hybridized carbons (Fsp3) is 0.222. The first kappa shape index (κ1) is 17.5. The zero-order valence-corrected chi connectivity index (χ0v) is 13.4. The van der Waals surface area contributed by atoms with E-state index in [0.717, 1.165) is 5.56 Å². The zero-order chi connectivity index (χ0) is 17.5. The van der Waals surface area contributed by atoms with Gasteiger partial charge in [0.15, 0.2) is 11.6 Å². The molecule has 0 unspecified atom stereocenters. The first-order valence-corrected chi connectivity index (χ1v) is 7.27. The molecule has 0 saturated carbocycles. The molecule has 0 saturated heterocycles. The molecular weight excluding hydrogens is 315 g/mol. The number of rotatable bonds is 6. The van der Waals surface area contributed by atoms with E-state index in [1.54, 1.807) is 0 Å². The lowest BCUT2D eigenvalue weighted by Crippen LogP contribution is -2.09. The Bertz CT molecular complexity index is 728. The van der Waals surface area contributed by atoms with Gasteiger partial charge in [0, 0.05) is 13.8 Å². The van der Waals surface area contributed by atoms with E-state index in [-0.39, 0.29) is 30.3 Å². The van der Waals surface area contributed by atoms with Crippen LogP contribution in [-0.4, -0.2) is 11.9 Å². The average molecular weight is 332 g/mol. The Hall–Kier alpha value is -2.89. The number of ether oxygens (including phenoxy) is 3. The summed E-state index contributed by atoms with van der Waals surface area (Å²) in [6.07, 6.45) is 0. The largest absolute Gasteiger partial charge is 0.488 e. The molecule has 2 aromatic carbocycles. The van der Waals surface area contributed by atoms with Gasteiger partial charge in [0.05, 0.1) is 5.56 Å². The summed E-state index contributed by atoms with van der Waals surface area (Å²) in [7, 11) is 0. The van der Waals surface area contributed by atoms with Crippen LogP contribution < -0.4 is 9.47 Å². The number of halogens is 1. The third-order valence-electron chi connectivity index (χ3n) is 3.08. The van der Waals surface area contributed by atoms with E-state index in [4.69, 9.17) is 14.2 Å². The highest BCUT2D eigenvalue weighted by molar-refractivity contribution is 5.69. The number of carbonyl (C=O) groups excluding carboxylic acids is 2. The molecule has 0 aromatic heterocycles. The van der Waals surface area contributed by atoms with Gasteiger partial charge in [0.1, 0.15) is 19.0 Å². The molecule has 126 valence electrons. The molecule has 0 heterocycles. The number of benzene rings is 2. The van der Waals surface area contributed by atoms with E-state index in [1.165, 1.54) is 26.0 Å². The Kier molecular flexibility index (Phi) is 5.89. The second-order valence-electron chi connectivity index (χ2n) is 5.00. The second-order valence-corrected chi connectivity index (χ2v) is 5.00. The van der Waals surface area contributed by atoms with Gasteiger partial charge in [-0.1, -0.05) is 30.3 Å². The van der Waals surface area contributed by atoms with Crippen LogP contribution in [0, 0.1) is 5.82 Å². The molecule has 5 nitrogen and oxygen atoms in total. The van der Waals surface area contributed by atoms with Crippen molar-refractivity contribution in [1.82, 2.24) is 0 Å². The van der Waals surface area contributed by atoms with Crippen LogP contribution >= 0.6 is 0 Å². The van der Waals surface area contributed by atoms with Crippen LogP contribution in [0.15, 0.2) is 42.5 Å². The Balaban J connectivity index is 2.25. The maximum absolute atomic E-state index is 14.5. The van der Waals surface area contributed by atoms with E-state index < -0.39 is 17.8 Å². The number of carbonyl (C=O) groups is 2. The summed E-state index contributed by atoms with van der Waals surface area (Å²) in [5, 5.41) is 0. The van der Waals surface area contributed by atoms with Gasteiger partial charge >= 0.3 is 11.9 Å². The second kappa shape index (κ2) is 8.10. The van der Waals surface area contributed by atoms with Crippen LogP contribution in [0.5, 0.6) is 11.5 Å². The lowest BCUT2D eigenvalue weighted by atomic mass is 10.1. The predicted molar refractivity (Wildman–Crippen MR) is 84.0 cm³/mol. The summed E-state index contributed by atoms with van der Waals surface area (Å²) in [5.41, 5.74) is 0.917. The molecule has 0 aliphatic rings. The van der Waals surface area contributed by atoms with Gasteiger partial charge < -0.3 is 14.2 Å². The first-order chi connectivity index (χ1) is 11.5. The van der Waals surface area contributed by atoms with Gasteiger partial charge in [0.25, 0.3) is 0 Å². The van der Waals surface area contributed by atoms with Crippen molar-refractivity contribution in [2.75, 3.05) is 0 Å². The molecule has 24 heavy (non-hydrogen) atoms. The standard InChI is InChI=1S/C18H17FO5/c1-12(20)22-11-15-16(23-10-14-6-4-3-5-7-14)8-9-17(18(15)19)24-13(2)21/h3-9H,10-11H2,1-2H3. The molecule has 0 aliphatic carbocycles. The lowest BCUT2D eigenvalue weighted by Gasteiger charge is -2.14. The van der Waals surface area contributed by atoms with Gasteiger partial charge in [-0.05, 0) is 17.7 Å².